The van der Waals surface area contributed by atoms with E-state index in [2.05, 4.69) is 20.5 Å². The van der Waals surface area contributed by atoms with Crippen LogP contribution in [0.1, 0.15) is 19.2 Å². The molecule has 1 aromatic carbocycles. The first-order valence-electron chi connectivity index (χ1n) is 10.3. The van der Waals surface area contributed by atoms with Gasteiger partial charge in [-0.3, -0.25) is 4.99 Å². The maximum Gasteiger partial charge on any atom is 0.247 e. The van der Waals surface area contributed by atoms with E-state index in [1.165, 1.54) is 18.2 Å². The SMILES string of the molecule is C/C=C\C=C(/NC)c1nc(-c2ccc(-c3nnco3)cc2)c(SC2=C(F)CC=NC=C2)n1C. The van der Waals surface area contributed by atoms with E-state index < -0.39 is 0 Å². The van der Waals surface area contributed by atoms with Crippen molar-refractivity contribution in [1.82, 2.24) is 25.1 Å². The molecule has 9 heteroatoms. The van der Waals surface area contributed by atoms with Gasteiger partial charge in [-0.2, -0.15) is 0 Å². The summed E-state index contributed by atoms with van der Waals surface area (Å²) in [5, 5.41) is 11.7. The maximum absolute atomic E-state index is 14.7. The molecule has 0 amide bonds. The van der Waals surface area contributed by atoms with Gasteiger partial charge < -0.3 is 14.3 Å². The Balaban J connectivity index is 1.81. The highest BCUT2D eigenvalue weighted by molar-refractivity contribution is 8.03. The van der Waals surface area contributed by atoms with Crippen LogP contribution in [-0.4, -0.2) is 33.0 Å². The molecule has 0 bridgehead atoms. The van der Waals surface area contributed by atoms with Crippen molar-refractivity contribution in [3.8, 4) is 22.7 Å². The van der Waals surface area contributed by atoms with Gasteiger partial charge in [-0.1, -0.05) is 36.0 Å². The highest BCUT2D eigenvalue weighted by atomic mass is 32.2. The van der Waals surface area contributed by atoms with Crippen LogP contribution in [-0.2, 0) is 7.05 Å². The smallest absolute Gasteiger partial charge is 0.247 e. The van der Waals surface area contributed by atoms with Gasteiger partial charge in [-0.05, 0) is 31.2 Å². The summed E-state index contributed by atoms with van der Waals surface area (Å²) in [7, 11) is 3.78. The molecule has 1 N–H and O–H groups in total. The zero-order chi connectivity index (χ0) is 23.2. The summed E-state index contributed by atoms with van der Waals surface area (Å²) in [6.45, 7) is 1.95. The molecule has 0 spiro atoms. The Morgan fingerprint density at radius 2 is 2.03 bits per heavy atom. The average Bonchev–Trinajstić information content (AvgIpc) is 3.42. The topological polar surface area (TPSA) is 81.1 Å². The Kier molecular flexibility index (Phi) is 6.99. The van der Waals surface area contributed by atoms with Crippen molar-refractivity contribution in [2.75, 3.05) is 7.05 Å². The highest BCUT2D eigenvalue weighted by Crippen LogP contribution is 2.39. The zero-order valence-electron chi connectivity index (χ0n) is 18.5. The molecule has 0 radical (unpaired) electrons. The van der Waals surface area contributed by atoms with Crippen LogP contribution in [0.5, 0.6) is 0 Å². The molecule has 0 saturated carbocycles. The molecule has 33 heavy (non-hydrogen) atoms. The molecule has 1 aliphatic rings. The molecule has 3 heterocycles. The Bertz CT molecular complexity index is 1270. The van der Waals surface area contributed by atoms with Gasteiger partial charge in [0.15, 0.2) is 5.82 Å². The number of aliphatic imine (C=N–C) groups is 1. The number of rotatable bonds is 7. The Hall–Kier alpha value is -3.72. The second-order valence-corrected chi connectivity index (χ2v) is 8.08. The van der Waals surface area contributed by atoms with E-state index >= 15 is 0 Å². The summed E-state index contributed by atoms with van der Waals surface area (Å²) in [5.74, 6) is 0.959. The Labute approximate surface area is 195 Å². The summed E-state index contributed by atoms with van der Waals surface area (Å²) in [5.41, 5.74) is 3.29. The summed E-state index contributed by atoms with van der Waals surface area (Å²) >= 11 is 1.33. The molecule has 0 atom stereocenters. The predicted octanol–water partition coefficient (Wildman–Crippen LogP) is 5.53. The fourth-order valence-corrected chi connectivity index (χ4v) is 4.26. The van der Waals surface area contributed by atoms with E-state index in [9.17, 15) is 4.39 Å². The molecular formula is C24H23FN6OS. The number of thioether (sulfide) groups is 1. The lowest BCUT2D eigenvalue weighted by Crippen LogP contribution is -2.09. The van der Waals surface area contributed by atoms with Crippen LogP contribution < -0.4 is 5.32 Å². The average molecular weight is 463 g/mol. The number of allylic oxidation sites excluding steroid dienone is 5. The van der Waals surface area contributed by atoms with Crippen LogP contribution >= 0.6 is 11.8 Å². The van der Waals surface area contributed by atoms with E-state index in [0.717, 1.165) is 33.4 Å². The molecule has 0 aliphatic carbocycles. The molecule has 0 unspecified atom stereocenters. The van der Waals surface area contributed by atoms with Crippen molar-refractivity contribution in [2.45, 2.75) is 18.4 Å². The summed E-state index contributed by atoms with van der Waals surface area (Å²) < 4.78 is 22.0. The van der Waals surface area contributed by atoms with E-state index in [4.69, 9.17) is 9.40 Å². The quantitative estimate of drug-likeness (QED) is 0.465. The highest BCUT2D eigenvalue weighted by Gasteiger charge is 2.21. The third-order valence-corrected chi connectivity index (χ3v) is 6.17. The third kappa shape index (κ3) is 4.88. The maximum atomic E-state index is 14.7. The summed E-state index contributed by atoms with van der Waals surface area (Å²) in [6.07, 6.45) is 12.2. The molecule has 4 rings (SSSR count). The number of hydrogen-bond acceptors (Lipinski definition) is 7. The predicted molar refractivity (Wildman–Crippen MR) is 130 cm³/mol. The number of imidazole rings is 1. The second kappa shape index (κ2) is 10.3. The molecular weight excluding hydrogens is 439 g/mol. The summed E-state index contributed by atoms with van der Waals surface area (Å²) in [6, 6.07) is 7.70. The van der Waals surface area contributed by atoms with E-state index in [1.807, 2.05) is 68.1 Å². The molecule has 0 saturated heterocycles. The van der Waals surface area contributed by atoms with Gasteiger partial charge in [-0.25, -0.2) is 9.37 Å². The third-order valence-electron chi connectivity index (χ3n) is 4.94. The van der Waals surface area contributed by atoms with Crippen LogP contribution in [0.4, 0.5) is 4.39 Å². The van der Waals surface area contributed by atoms with Crippen LogP contribution in [0.15, 0.2) is 86.3 Å². The van der Waals surface area contributed by atoms with Crippen LogP contribution in [0, 0.1) is 0 Å². The lowest BCUT2D eigenvalue weighted by molar-refractivity contribution is 0.568. The lowest BCUT2D eigenvalue weighted by atomic mass is 10.1. The van der Waals surface area contributed by atoms with Crippen molar-refractivity contribution in [2.24, 2.45) is 12.0 Å². The van der Waals surface area contributed by atoms with E-state index in [0.29, 0.717) is 10.8 Å². The fourth-order valence-electron chi connectivity index (χ4n) is 3.25. The van der Waals surface area contributed by atoms with Gasteiger partial charge in [0, 0.05) is 49.0 Å². The summed E-state index contributed by atoms with van der Waals surface area (Å²) in [4.78, 5) is 9.51. The Morgan fingerprint density at radius 1 is 1.24 bits per heavy atom. The normalized spacial score (nSPS) is 14.4. The number of halogens is 1. The van der Waals surface area contributed by atoms with Gasteiger partial charge in [0.1, 0.15) is 16.5 Å². The monoisotopic (exact) mass is 462 g/mol. The van der Waals surface area contributed by atoms with Crippen molar-refractivity contribution in [3.05, 3.63) is 77.7 Å². The van der Waals surface area contributed by atoms with Crippen LogP contribution in [0.2, 0.25) is 0 Å². The fraction of sp³-hybridized carbons (Fsp3) is 0.167. The number of benzene rings is 1. The van der Waals surface area contributed by atoms with Crippen molar-refractivity contribution >= 4 is 23.7 Å². The number of aromatic nitrogens is 4. The minimum atomic E-state index is -0.226. The van der Waals surface area contributed by atoms with Gasteiger partial charge in [-0.15, -0.1) is 10.2 Å². The first kappa shape index (κ1) is 22.5. The molecule has 1 aliphatic heterocycles. The molecule has 2 aromatic heterocycles. The van der Waals surface area contributed by atoms with E-state index in [-0.39, 0.29) is 12.2 Å². The molecule has 7 nitrogen and oxygen atoms in total. The molecule has 0 fully saturated rings. The minimum Gasteiger partial charge on any atom is -0.423 e. The Morgan fingerprint density at radius 3 is 2.73 bits per heavy atom. The van der Waals surface area contributed by atoms with Gasteiger partial charge in [0.05, 0.1) is 5.70 Å². The second-order valence-electron chi connectivity index (χ2n) is 7.05. The van der Waals surface area contributed by atoms with Gasteiger partial charge in [0.25, 0.3) is 0 Å². The van der Waals surface area contributed by atoms with Crippen LogP contribution in [0.3, 0.4) is 0 Å². The first-order valence-corrected chi connectivity index (χ1v) is 11.1. The van der Waals surface area contributed by atoms with Crippen LogP contribution in [0.25, 0.3) is 28.4 Å². The molecule has 3 aromatic rings. The van der Waals surface area contributed by atoms with E-state index in [1.54, 1.807) is 18.5 Å². The van der Waals surface area contributed by atoms with Crippen molar-refractivity contribution in [1.29, 1.82) is 0 Å². The zero-order valence-corrected chi connectivity index (χ0v) is 19.3. The van der Waals surface area contributed by atoms with Crippen molar-refractivity contribution in [3.63, 3.8) is 0 Å². The van der Waals surface area contributed by atoms with Crippen molar-refractivity contribution < 1.29 is 8.81 Å². The molecule has 168 valence electrons. The number of nitrogens with zero attached hydrogens (tertiary/aromatic N) is 5. The number of hydrogen-bond donors (Lipinski definition) is 1. The van der Waals surface area contributed by atoms with Gasteiger partial charge >= 0.3 is 0 Å². The first-order chi connectivity index (χ1) is 16.1. The minimum absolute atomic E-state index is 0.164. The lowest BCUT2D eigenvalue weighted by Gasteiger charge is -2.10. The largest absolute Gasteiger partial charge is 0.423 e. The van der Waals surface area contributed by atoms with Gasteiger partial charge in [0.2, 0.25) is 12.3 Å². The standard InChI is InChI=1S/C24H23FN6OS/c1-4-5-6-19(26-2)22-29-21(16-7-9-17(10-8-16)23-30-28-15-32-23)24(31(22)3)33-20-12-14-27-13-11-18(20)25/h4-10,12-15,26H,11H2,1-3H3/b5-4-,19-6-. The number of nitrogens with one attached hydrogen (secondary N) is 1.